The van der Waals surface area contributed by atoms with Gasteiger partial charge in [-0.05, 0) is 18.9 Å². The van der Waals surface area contributed by atoms with Gasteiger partial charge in [0.05, 0.1) is 11.4 Å². The van der Waals surface area contributed by atoms with Crippen molar-refractivity contribution in [2.75, 3.05) is 6.54 Å². The largest absolute Gasteiger partial charge is 0.311 e. The van der Waals surface area contributed by atoms with Crippen LogP contribution >= 0.6 is 12.4 Å². The van der Waals surface area contributed by atoms with Crippen LogP contribution in [-0.2, 0) is 13.0 Å². The zero-order valence-electron chi connectivity index (χ0n) is 14.3. The monoisotopic (exact) mass is 351 g/mol. The molecule has 0 radical (unpaired) electrons. The molecule has 1 N–H and O–H groups in total. The van der Waals surface area contributed by atoms with Gasteiger partial charge in [-0.25, -0.2) is 9.97 Å². The van der Waals surface area contributed by atoms with E-state index in [1.807, 2.05) is 13.0 Å². The molecule has 128 valence electrons. The third-order valence-corrected chi connectivity index (χ3v) is 4.60. The first-order valence-electron chi connectivity index (χ1n) is 8.49. The summed E-state index contributed by atoms with van der Waals surface area (Å²) in [7, 11) is 0. The molecule has 0 spiro atoms. The Hall–Kier alpha value is -2.23. The maximum absolute atomic E-state index is 4.81. The van der Waals surface area contributed by atoms with E-state index in [-0.39, 0.29) is 12.4 Å². The maximum atomic E-state index is 4.81. The maximum Gasteiger partial charge on any atom is 0.126 e. The Kier molecular flexibility index (Phi) is 5.47. The molecule has 4 heteroatoms. The van der Waals surface area contributed by atoms with Gasteiger partial charge in [0.25, 0.3) is 0 Å². The van der Waals surface area contributed by atoms with E-state index in [0.29, 0.717) is 5.92 Å². The second kappa shape index (κ2) is 7.77. The molecule has 0 bridgehead atoms. The van der Waals surface area contributed by atoms with E-state index < -0.39 is 0 Å². The molecule has 4 rings (SSSR count). The topological polar surface area (TPSA) is 37.8 Å². The van der Waals surface area contributed by atoms with E-state index in [0.717, 1.165) is 36.7 Å². The van der Waals surface area contributed by atoms with Crippen molar-refractivity contribution in [1.82, 2.24) is 15.3 Å². The number of rotatable bonds is 3. The van der Waals surface area contributed by atoms with Crippen LogP contribution in [0, 0.1) is 6.92 Å². The molecule has 0 fully saturated rings. The number of nitrogens with one attached hydrogen (secondary N) is 1. The van der Waals surface area contributed by atoms with Crippen molar-refractivity contribution in [2.45, 2.75) is 25.8 Å². The number of benzene rings is 2. The van der Waals surface area contributed by atoms with Crippen LogP contribution in [0.3, 0.4) is 0 Å². The minimum Gasteiger partial charge on any atom is -0.311 e. The van der Waals surface area contributed by atoms with Gasteiger partial charge in [0, 0.05) is 30.1 Å². The predicted octanol–water partition coefficient (Wildman–Crippen LogP) is 4.30. The van der Waals surface area contributed by atoms with Crippen LogP contribution in [0.4, 0.5) is 0 Å². The molecular formula is C21H22ClN3. The van der Waals surface area contributed by atoms with Crippen LogP contribution in [0.25, 0.3) is 11.3 Å². The van der Waals surface area contributed by atoms with Crippen molar-refractivity contribution in [3.8, 4) is 11.3 Å². The minimum absolute atomic E-state index is 0. The quantitative estimate of drug-likeness (QED) is 0.764. The van der Waals surface area contributed by atoms with Gasteiger partial charge in [-0.3, -0.25) is 0 Å². The van der Waals surface area contributed by atoms with Crippen LogP contribution in [0.5, 0.6) is 0 Å². The molecule has 0 aliphatic carbocycles. The molecule has 0 saturated carbocycles. The first-order valence-corrected chi connectivity index (χ1v) is 8.49. The van der Waals surface area contributed by atoms with Crippen LogP contribution in [-0.4, -0.2) is 16.5 Å². The highest BCUT2D eigenvalue weighted by Gasteiger charge is 2.26. The highest BCUT2D eigenvalue weighted by Crippen LogP contribution is 2.34. The molecule has 1 aromatic heterocycles. The smallest absolute Gasteiger partial charge is 0.126 e. The van der Waals surface area contributed by atoms with Crippen LogP contribution in [0.15, 0.2) is 60.7 Å². The van der Waals surface area contributed by atoms with Gasteiger partial charge < -0.3 is 5.32 Å². The minimum atomic E-state index is 0. The third kappa shape index (κ3) is 3.73. The van der Waals surface area contributed by atoms with E-state index in [1.54, 1.807) is 0 Å². The molecule has 3 nitrogen and oxygen atoms in total. The molecule has 1 atom stereocenters. The van der Waals surface area contributed by atoms with Crippen molar-refractivity contribution in [3.05, 3.63) is 83.3 Å². The van der Waals surface area contributed by atoms with Gasteiger partial charge in [0.15, 0.2) is 0 Å². The van der Waals surface area contributed by atoms with Gasteiger partial charge in [0.2, 0.25) is 0 Å². The van der Waals surface area contributed by atoms with Gasteiger partial charge in [-0.2, -0.15) is 0 Å². The van der Waals surface area contributed by atoms with E-state index in [9.17, 15) is 0 Å². The summed E-state index contributed by atoms with van der Waals surface area (Å²) < 4.78 is 0. The lowest BCUT2D eigenvalue weighted by molar-refractivity contribution is 0.526. The summed E-state index contributed by atoms with van der Waals surface area (Å²) in [5, 5.41) is 3.53. The lowest BCUT2D eigenvalue weighted by atomic mass is 9.85. The highest BCUT2D eigenvalue weighted by atomic mass is 35.5. The van der Waals surface area contributed by atoms with Crippen molar-refractivity contribution in [1.29, 1.82) is 0 Å². The van der Waals surface area contributed by atoms with Crippen molar-refractivity contribution in [2.24, 2.45) is 0 Å². The number of hydrogen-bond acceptors (Lipinski definition) is 3. The average Bonchev–Trinajstić information content (AvgIpc) is 2.62. The summed E-state index contributed by atoms with van der Waals surface area (Å²) >= 11 is 0. The van der Waals surface area contributed by atoms with Gasteiger partial charge in [-0.1, -0.05) is 60.7 Å². The van der Waals surface area contributed by atoms with Gasteiger partial charge >= 0.3 is 0 Å². The number of fused-ring (bicyclic) bond motifs is 1. The van der Waals surface area contributed by atoms with E-state index >= 15 is 0 Å². The standard InChI is InChI=1S/C21H21N3.ClH/c1-15-23-19-14-22-13-18(12-16-8-4-2-5-9-16)20(19)21(24-15)17-10-6-3-7-11-17;/h2-11,18,22H,12-14H2,1H3;1H. The first kappa shape index (κ1) is 17.6. The zero-order chi connectivity index (χ0) is 16.4. The predicted molar refractivity (Wildman–Crippen MR) is 104 cm³/mol. The Morgan fingerprint density at radius 2 is 1.64 bits per heavy atom. The number of nitrogens with zero attached hydrogens (tertiary/aromatic N) is 2. The van der Waals surface area contributed by atoms with E-state index in [1.165, 1.54) is 16.7 Å². The molecule has 0 saturated heterocycles. The summed E-state index contributed by atoms with van der Waals surface area (Å²) in [6.07, 6.45) is 1.01. The van der Waals surface area contributed by atoms with Crippen molar-refractivity contribution in [3.63, 3.8) is 0 Å². The molecule has 3 aromatic rings. The van der Waals surface area contributed by atoms with Crippen LogP contribution < -0.4 is 5.32 Å². The summed E-state index contributed by atoms with van der Waals surface area (Å²) in [6.45, 7) is 3.77. The number of aromatic nitrogens is 2. The molecular weight excluding hydrogens is 330 g/mol. The Bertz CT molecular complexity index is 835. The molecule has 25 heavy (non-hydrogen) atoms. The molecule has 2 heterocycles. The number of aryl methyl sites for hydroxylation is 1. The van der Waals surface area contributed by atoms with Crippen LogP contribution in [0.2, 0.25) is 0 Å². The highest BCUT2D eigenvalue weighted by molar-refractivity contribution is 5.85. The molecule has 1 unspecified atom stereocenters. The summed E-state index contributed by atoms with van der Waals surface area (Å²) in [4.78, 5) is 9.53. The SMILES string of the molecule is Cc1nc2c(c(-c3ccccc3)n1)C(Cc1ccccc1)CNC2.Cl. The average molecular weight is 352 g/mol. The second-order valence-electron chi connectivity index (χ2n) is 6.36. The fourth-order valence-corrected chi connectivity index (χ4v) is 3.56. The second-order valence-corrected chi connectivity index (χ2v) is 6.36. The number of hydrogen-bond donors (Lipinski definition) is 1. The van der Waals surface area contributed by atoms with Crippen LogP contribution in [0.1, 0.15) is 28.6 Å². The van der Waals surface area contributed by atoms with Crippen molar-refractivity contribution < 1.29 is 0 Å². The fourth-order valence-electron chi connectivity index (χ4n) is 3.56. The Morgan fingerprint density at radius 3 is 2.36 bits per heavy atom. The fraction of sp³-hybridized carbons (Fsp3) is 0.238. The van der Waals surface area contributed by atoms with Gasteiger partial charge in [-0.15, -0.1) is 12.4 Å². The lowest BCUT2D eigenvalue weighted by Gasteiger charge is -2.28. The third-order valence-electron chi connectivity index (χ3n) is 4.60. The molecule has 2 aromatic carbocycles. The lowest BCUT2D eigenvalue weighted by Crippen LogP contribution is -2.31. The molecule has 1 aliphatic heterocycles. The molecule has 1 aliphatic rings. The Morgan fingerprint density at radius 1 is 0.960 bits per heavy atom. The van der Waals surface area contributed by atoms with Crippen molar-refractivity contribution >= 4 is 12.4 Å². The Labute approximate surface area is 155 Å². The van der Waals surface area contributed by atoms with Gasteiger partial charge in [0.1, 0.15) is 5.82 Å². The van der Waals surface area contributed by atoms with E-state index in [4.69, 9.17) is 9.97 Å². The zero-order valence-corrected chi connectivity index (χ0v) is 15.1. The summed E-state index contributed by atoms with van der Waals surface area (Å²) in [5.74, 6) is 1.24. The Balaban J connectivity index is 0.00000182. The van der Waals surface area contributed by atoms with E-state index in [2.05, 4.69) is 59.9 Å². The first-order chi connectivity index (χ1) is 11.8. The normalized spacial score (nSPS) is 16.0. The number of halogens is 1. The summed E-state index contributed by atoms with van der Waals surface area (Å²) in [5.41, 5.74) is 6.10. The summed E-state index contributed by atoms with van der Waals surface area (Å²) in [6, 6.07) is 21.2. The molecule has 0 amide bonds.